The molecule has 46 heavy (non-hydrogen) atoms. The first-order valence-electron chi connectivity index (χ1n) is 15.3. The minimum atomic E-state index is -0.267. The maximum Gasteiger partial charge on any atom is 0.164 e. The summed E-state index contributed by atoms with van der Waals surface area (Å²) in [4.78, 5) is 14.9. The largest absolute Gasteiger partial charge is 0.309 e. The first-order chi connectivity index (χ1) is 22.5. The van der Waals surface area contributed by atoms with E-state index in [1.807, 2.05) is 78.9 Å². The Morgan fingerprint density at radius 2 is 0.935 bits per heavy atom. The lowest BCUT2D eigenvalue weighted by Crippen LogP contribution is -2.02. The summed E-state index contributed by atoms with van der Waals surface area (Å²) in [6.45, 7) is 4.23. The zero-order chi connectivity index (χ0) is 31.2. The van der Waals surface area contributed by atoms with Crippen LogP contribution in [0.25, 0.3) is 72.8 Å². The van der Waals surface area contributed by atoms with E-state index in [4.69, 9.17) is 15.0 Å². The van der Waals surface area contributed by atoms with Crippen molar-refractivity contribution in [2.24, 2.45) is 0 Å². The molecule has 0 aliphatic heterocycles. The maximum atomic E-state index is 14.1. The third kappa shape index (κ3) is 4.92. The summed E-state index contributed by atoms with van der Waals surface area (Å²) in [5, 5.41) is 2.35. The molecule has 0 amide bonds. The molecule has 0 saturated heterocycles. The zero-order valence-corrected chi connectivity index (χ0v) is 25.4. The molecule has 0 spiro atoms. The minimum Gasteiger partial charge on any atom is -0.309 e. The third-order valence-corrected chi connectivity index (χ3v) is 8.43. The van der Waals surface area contributed by atoms with E-state index < -0.39 is 0 Å². The fraction of sp³-hybridized carbons (Fsp3) is 0.0488. The van der Waals surface area contributed by atoms with Crippen LogP contribution in [0.15, 0.2) is 140 Å². The van der Waals surface area contributed by atoms with Gasteiger partial charge in [0, 0.05) is 33.0 Å². The van der Waals surface area contributed by atoms with Gasteiger partial charge in [0.15, 0.2) is 17.5 Å². The summed E-state index contributed by atoms with van der Waals surface area (Å²) in [6.07, 6.45) is 0. The van der Waals surface area contributed by atoms with Gasteiger partial charge in [-0.15, -0.1) is 0 Å². The van der Waals surface area contributed by atoms with Crippen LogP contribution in [0.3, 0.4) is 0 Å². The van der Waals surface area contributed by atoms with Gasteiger partial charge in [0.25, 0.3) is 0 Å². The molecule has 0 fully saturated rings. The second-order valence-electron chi connectivity index (χ2n) is 11.7. The van der Waals surface area contributed by atoms with E-state index in [0.717, 1.165) is 44.5 Å². The Morgan fingerprint density at radius 3 is 1.46 bits per heavy atom. The van der Waals surface area contributed by atoms with Crippen LogP contribution in [-0.2, 0) is 0 Å². The zero-order valence-electron chi connectivity index (χ0n) is 25.4. The Labute approximate surface area is 266 Å². The number of hydrogen-bond donors (Lipinski definition) is 0. The molecule has 0 saturated carbocycles. The summed E-state index contributed by atoms with van der Waals surface area (Å²) < 4.78 is 16.4. The summed E-state index contributed by atoms with van der Waals surface area (Å²) >= 11 is 0. The molecule has 0 bridgehead atoms. The molecule has 4 nitrogen and oxygen atoms in total. The first-order valence-corrected chi connectivity index (χ1v) is 15.3. The molecule has 8 aromatic rings. The van der Waals surface area contributed by atoms with Crippen LogP contribution in [0.1, 0.15) is 11.1 Å². The van der Waals surface area contributed by atoms with Crippen LogP contribution in [0.2, 0.25) is 0 Å². The van der Waals surface area contributed by atoms with Crippen LogP contribution in [-0.4, -0.2) is 19.5 Å². The van der Waals surface area contributed by atoms with E-state index in [-0.39, 0.29) is 5.82 Å². The smallest absolute Gasteiger partial charge is 0.164 e. The summed E-state index contributed by atoms with van der Waals surface area (Å²) in [6, 6.07) is 46.1. The summed E-state index contributed by atoms with van der Waals surface area (Å²) in [7, 11) is 0. The van der Waals surface area contributed by atoms with Crippen LogP contribution >= 0.6 is 0 Å². The fourth-order valence-corrected chi connectivity index (χ4v) is 6.17. The number of aromatic nitrogens is 4. The Morgan fingerprint density at radius 1 is 0.457 bits per heavy atom. The molecular weight excluding hydrogens is 567 g/mol. The quantitative estimate of drug-likeness (QED) is 0.199. The lowest BCUT2D eigenvalue weighted by molar-refractivity contribution is 0.628. The van der Waals surface area contributed by atoms with Crippen molar-refractivity contribution in [3.63, 3.8) is 0 Å². The van der Waals surface area contributed by atoms with E-state index in [1.54, 1.807) is 0 Å². The fourth-order valence-electron chi connectivity index (χ4n) is 6.17. The number of fused-ring (bicyclic) bond motifs is 3. The lowest BCUT2D eigenvalue weighted by Gasteiger charge is -2.17. The summed E-state index contributed by atoms with van der Waals surface area (Å²) in [5.41, 5.74) is 10.1. The van der Waals surface area contributed by atoms with Gasteiger partial charge in [-0.25, -0.2) is 19.3 Å². The topological polar surface area (TPSA) is 43.6 Å². The van der Waals surface area contributed by atoms with Crippen molar-refractivity contribution in [2.45, 2.75) is 13.8 Å². The van der Waals surface area contributed by atoms with Crippen molar-refractivity contribution >= 4 is 21.8 Å². The molecule has 6 aromatic carbocycles. The summed E-state index contributed by atoms with van der Waals surface area (Å²) in [5.74, 6) is 1.53. The number of rotatable bonds is 5. The molecule has 5 heteroatoms. The van der Waals surface area contributed by atoms with Gasteiger partial charge >= 0.3 is 0 Å². The Bertz CT molecular complexity index is 2260. The van der Waals surface area contributed by atoms with Crippen molar-refractivity contribution < 1.29 is 4.39 Å². The van der Waals surface area contributed by atoms with Gasteiger partial charge in [-0.05, 0) is 60.9 Å². The molecule has 2 heterocycles. The Hall–Kier alpha value is -5.94. The number of aryl methyl sites for hydroxylation is 2. The molecule has 0 atom stereocenters. The standard InChI is InChI=1S/C41H29FN4/c1-26-13-20-34-35-21-14-27(2)24-37(35)46(36(34)23-26)38-25-31(17-22-33(38)28-15-18-32(42)19-16-28)41-44-39(29-9-5-3-6-10-29)43-40(45-41)30-11-7-4-8-12-30/h3-25H,1-2H3. The molecule has 0 aliphatic rings. The van der Waals surface area contributed by atoms with Crippen molar-refractivity contribution in [1.29, 1.82) is 0 Å². The molecule has 220 valence electrons. The molecule has 8 rings (SSSR count). The molecule has 0 radical (unpaired) electrons. The van der Waals surface area contributed by atoms with Crippen molar-refractivity contribution in [1.82, 2.24) is 19.5 Å². The normalized spacial score (nSPS) is 11.4. The highest BCUT2D eigenvalue weighted by molar-refractivity contribution is 6.10. The van der Waals surface area contributed by atoms with Gasteiger partial charge in [-0.3, -0.25) is 0 Å². The predicted octanol–water partition coefficient (Wildman–Crippen LogP) is 10.4. The first kappa shape index (κ1) is 27.6. The molecule has 0 aliphatic carbocycles. The number of halogens is 1. The van der Waals surface area contributed by atoms with E-state index in [9.17, 15) is 4.39 Å². The van der Waals surface area contributed by atoms with E-state index in [1.165, 1.54) is 34.0 Å². The van der Waals surface area contributed by atoms with Crippen LogP contribution in [0.4, 0.5) is 4.39 Å². The highest BCUT2D eigenvalue weighted by Gasteiger charge is 2.19. The predicted molar refractivity (Wildman–Crippen MR) is 185 cm³/mol. The van der Waals surface area contributed by atoms with Crippen molar-refractivity contribution in [3.8, 4) is 51.0 Å². The van der Waals surface area contributed by atoms with Gasteiger partial charge in [0.1, 0.15) is 5.82 Å². The third-order valence-electron chi connectivity index (χ3n) is 8.43. The average molecular weight is 597 g/mol. The van der Waals surface area contributed by atoms with Gasteiger partial charge < -0.3 is 4.57 Å². The number of benzene rings is 6. The van der Waals surface area contributed by atoms with Crippen molar-refractivity contribution in [2.75, 3.05) is 0 Å². The second-order valence-corrected chi connectivity index (χ2v) is 11.7. The van der Waals surface area contributed by atoms with Gasteiger partial charge in [-0.2, -0.15) is 0 Å². The maximum absolute atomic E-state index is 14.1. The lowest BCUT2D eigenvalue weighted by atomic mass is 10.00. The van der Waals surface area contributed by atoms with Crippen LogP contribution in [0.5, 0.6) is 0 Å². The Kier molecular flexibility index (Phi) is 6.72. The van der Waals surface area contributed by atoms with Gasteiger partial charge in [0.2, 0.25) is 0 Å². The highest BCUT2D eigenvalue weighted by Crippen LogP contribution is 2.39. The minimum absolute atomic E-state index is 0.267. The monoisotopic (exact) mass is 596 g/mol. The van der Waals surface area contributed by atoms with Gasteiger partial charge in [0.05, 0.1) is 16.7 Å². The van der Waals surface area contributed by atoms with Crippen molar-refractivity contribution in [3.05, 3.63) is 156 Å². The van der Waals surface area contributed by atoms with Gasteiger partial charge in [-0.1, -0.05) is 109 Å². The van der Waals surface area contributed by atoms with E-state index in [2.05, 4.69) is 66.9 Å². The second kappa shape index (κ2) is 11.2. The average Bonchev–Trinajstić information content (AvgIpc) is 3.41. The van der Waals surface area contributed by atoms with Crippen LogP contribution in [0, 0.1) is 19.7 Å². The number of nitrogens with zero attached hydrogens (tertiary/aromatic N) is 4. The van der Waals surface area contributed by atoms with E-state index in [0.29, 0.717) is 17.5 Å². The van der Waals surface area contributed by atoms with E-state index >= 15 is 0 Å². The molecule has 0 unspecified atom stereocenters. The Balaban J connectivity index is 1.43. The molecular formula is C41H29FN4. The highest BCUT2D eigenvalue weighted by atomic mass is 19.1. The SMILES string of the molecule is Cc1ccc2c3ccc(C)cc3n(-c3cc(-c4nc(-c5ccccc5)nc(-c5ccccc5)n4)ccc3-c3ccc(F)cc3)c2c1. The van der Waals surface area contributed by atoms with Crippen LogP contribution < -0.4 is 0 Å². The number of hydrogen-bond acceptors (Lipinski definition) is 3. The molecule has 0 N–H and O–H groups in total. The molecule has 2 aromatic heterocycles.